The first-order chi connectivity index (χ1) is 8.08. The molecule has 0 radical (unpaired) electrons. The van der Waals surface area contributed by atoms with Crippen LogP contribution in [0.4, 0.5) is 0 Å². The summed E-state index contributed by atoms with van der Waals surface area (Å²) in [6.07, 6.45) is 1.08. The number of nitrogens with two attached hydrogens (primary N) is 1. The Kier molecular flexibility index (Phi) is 4.96. The summed E-state index contributed by atoms with van der Waals surface area (Å²) in [5.74, 6) is 0.0144. The summed E-state index contributed by atoms with van der Waals surface area (Å²) in [6, 6.07) is -0.113. The molecule has 1 unspecified atom stereocenters. The molecular formula is C11H17N3O2S. The number of hydrogen-bond acceptors (Lipinski definition) is 4. The van der Waals surface area contributed by atoms with Gasteiger partial charge in [-0.15, -0.1) is 0 Å². The lowest BCUT2D eigenvalue weighted by atomic mass is 10.1. The van der Waals surface area contributed by atoms with Crippen LogP contribution in [0.1, 0.15) is 35.7 Å². The maximum atomic E-state index is 11.9. The molecule has 17 heavy (non-hydrogen) atoms. The third-order valence-electron chi connectivity index (χ3n) is 2.51. The van der Waals surface area contributed by atoms with E-state index in [9.17, 15) is 4.79 Å². The number of aryl methyl sites for hydroxylation is 1. The van der Waals surface area contributed by atoms with E-state index in [0.717, 1.165) is 12.0 Å². The Morgan fingerprint density at radius 1 is 1.65 bits per heavy atom. The lowest BCUT2D eigenvalue weighted by molar-refractivity contribution is 0.0937. The Bertz CT molecular complexity index is 415. The first-order valence-electron chi connectivity index (χ1n) is 5.38. The van der Waals surface area contributed by atoms with E-state index in [-0.39, 0.29) is 17.8 Å². The van der Waals surface area contributed by atoms with Crippen LogP contribution in [0.3, 0.4) is 0 Å². The highest BCUT2D eigenvalue weighted by molar-refractivity contribution is 7.08. The zero-order chi connectivity index (χ0) is 12.8. The van der Waals surface area contributed by atoms with Crippen molar-refractivity contribution in [2.75, 3.05) is 0 Å². The van der Waals surface area contributed by atoms with Crippen LogP contribution in [0.5, 0.6) is 0 Å². The predicted molar refractivity (Wildman–Crippen MR) is 68.6 cm³/mol. The van der Waals surface area contributed by atoms with E-state index in [1.165, 1.54) is 11.3 Å². The second kappa shape index (κ2) is 6.24. The zero-order valence-corrected chi connectivity index (χ0v) is 10.8. The number of carbonyl (C=O) groups is 1. The normalized spacial score (nSPS) is 13.4. The number of thiophene rings is 1. The molecule has 0 saturated heterocycles. The highest BCUT2D eigenvalue weighted by Crippen LogP contribution is 2.14. The fourth-order valence-corrected chi connectivity index (χ4v) is 2.28. The standard InChI is InChI=1S/C11H17N3O2S/c1-3-8(4-10(12)14-16)13-11(15)9-6-17-5-7(9)2/h5-6,8,16H,3-4H2,1-2H3,(H2,12,14)(H,13,15). The van der Waals surface area contributed by atoms with Crippen molar-refractivity contribution in [3.8, 4) is 0 Å². The van der Waals surface area contributed by atoms with Crippen LogP contribution in [0.2, 0.25) is 0 Å². The number of oxime groups is 1. The van der Waals surface area contributed by atoms with Crippen molar-refractivity contribution in [3.05, 3.63) is 21.9 Å². The summed E-state index contributed by atoms with van der Waals surface area (Å²) in [7, 11) is 0. The summed E-state index contributed by atoms with van der Waals surface area (Å²) in [6.45, 7) is 3.84. The van der Waals surface area contributed by atoms with E-state index < -0.39 is 0 Å². The first-order valence-corrected chi connectivity index (χ1v) is 6.32. The topological polar surface area (TPSA) is 87.7 Å². The first kappa shape index (κ1) is 13.5. The molecule has 1 amide bonds. The van der Waals surface area contributed by atoms with Crippen LogP contribution >= 0.6 is 11.3 Å². The van der Waals surface area contributed by atoms with Gasteiger partial charge in [-0.2, -0.15) is 11.3 Å². The Hall–Kier alpha value is -1.56. The second-order valence-corrected chi connectivity index (χ2v) is 4.59. The number of rotatable bonds is 5. The molecule has 0 aromatic carbocycles. The minimum Gasteiger partial charge on any atom is -0.409 e. The van der Waals surface area contributed by atoms with Crippen molar-refractivity contribution in [1.29, 1.82) is 0 Å². The molecule has 1 rings (SSSR count). The molecule has 1 aromatic rings. The van der Waals surface area contributed by atoms with E-state index in [2.05, 4.69) is 10.5 Å². The molecule has 6 heteroatoms. The SMILES string of the molecule is CCC(CC(N)=NO)NC(=O)c1cscc1C. The summed E-state index contributed by atoms with van der Waals surface area (Å²) in [5.41, 5.74) is 7.08. The molecule has 1 atom stereocenters. The van der Waals surface area contributed by atoms with Crippen LogP contribution in [0.15, 0.2) is 15.9 Å². The molecule has 0 aliphatic carbocycles. The number of nitrogens with zero attached hydrogens (tertiary/aromatic N) is 1. The molecule has 0 saturated carbocycles. The van der Waals surface area contributed by atoms with Crippen molar-refractivity contribution in [2.24, 2.45) is 10.9 Å². The van der Waals surface area contributed by atoms with Gasteiger partial charge in [0.15, 0.2) is 0 Å². The van der Waals surface area contributed by atoms with Gasteiger partial charge in [0, 0.05) is 17.8 Å². The average molecular weight is 255 g/mol. The van der Waals surface area contributed by atoms with E-state index in [0.29, 0.717) is 12.0 Å². The van der Waals surface area contributed by atoms with Crippen LogP contribution in [0.25, 0.3) is 0 Å². The minimum absolute atomic E-state index is 0.110. The smallest absolute Gasteiger partial charge is 0.252 e. The summed E-state index contributed by atoms with van der Waals surface area (Å²) in [5, 5.41) is 18.0. The maximum Gasteiger partial charge on any atom is 0.252 e. The van der Waals surface area contributed by atoms with Gasteiger partial charge in [0.25, 0.3) is 5.91 Å². The maximum absolute atomic E-state index is 11.9. The molecule has 94 valence electrons. The van der Waals surface area contributed by atoms with Crippen LogP contribution < -0.4 is 11.1 Å². The van der Waals surface area contributed by atoms with Gasteiger partial charge < -0.3 is 16.3 Å². The Balaban J connectivity index is 2.63. The Labute approximate surface area is 104 Å². The predicted octanol–water partition coefficient (Wildman–Crippen LogP) is 1.70. The van der Waals surface area contributed by atoms with E-state index in [1.807, 2.05) is 24.6 Å². The van der Waals surface area contributed by atoms with Gasteiger partial charge in [0.1, 0.15) is 5.84 Å². The fourth-order valence-electron chi connectivity index (χ4n) is 1.45. The molecule has 0 aliphatic heterocycles. The van der Waals surface area contributed by atoms with E-state index in [4.69, 9.17) is 10.9 Å². The average Bonchev–Trinajstić information content (AvgIpc) is 2.74. The number of carbonyl (C=O) groups excluding carboxylic acids is 1. The number of amides is 1. The fraction of sp³-hybridized carbons (Fsp3) is 0.455. The van der Waals surface area contributed by atoms with Crippen LogP contribution in [-0.4, -0.2) is 23.0 Å². The third-order valence-corrected chi connectivity index (χ3v) is 3.37. The highest BCUT2D eigenvalue weighted by Gasteiger charge is 2.15. The van der Waals surface area contributed by atoms with E-state index in [1.54, 1.807) is 0 Å². The Morgan fingerprint density at radius 2 is 2.35 bits per heavy atom. The summed E-state index contributed by atoms with van der Waals surface area (Å²) < 4.78 is 0. The Morgan fingerprint density at radius 3 is 2.82 bits per heavy atom. The third kappa shape index (κ3) is 3.74. The zero-order valence-electron chi connectivity index (χ0n) is 9.93. The second-order valence-electron chi connectivity index (χ2n) is 3.84. The molecule has 0 bridgehead atoms. The summed E-state index contributed by atoms with van der Waals surface area (Å²) >= 11 is 1.50. The van der Waals surface area contributed by atoms with Crippen molar-refractivity contribution in [3.63, 3.8) is 0 Å². The van der Waals surface area contributed by atoms with Gasteiger partial charge in [-0.25, -0.2) is 0 Å². The highest BCUT2D eigenvalue weighted by atomic mass is 32.1. The molecule has 1 aromatic heterocycles. The van der Waals surface area contributed by atoms with Crippen molar-refractivity contribution in [2.45, 2.75) is 32.7 Å². The lowest BCUT2D eigenvalue weighted by Crippen LogP contribution is -2.37. The monoisotopic (exact) mass is 255 g/mol. The van der Waals surface area contributed by atoms with E-state index >= 15 is 0 Å². The molecule has 1 heterocycles. The molecule has 0 aliphatic rings. The van der Waals surface area contributed by atoms with Gasteiger partial charge in [-0.1, -0.05) is 12.1 Å². The lowest BCUT2D eigenvalue weighted by Gasteiger charge is -2.15. The van der Waals surface area contributed by atoms with Crippen molar-refractivity contribution in [1.82, 2.24) is 5.32 Å². The molecule has 0 fully saturated rings. The van der Waals surface area contributed by atoms with Gasteiger partial charge in [0.2, 0.25) is 0 Å². The molecule has 5 nitrogen and oxygen atoms in total. The van der Waals surface area contributed by atoms with Gasteiger partial charge >= 0.3 is 0 Å². The van der Waals surface area contributed by atoms with Crippen molar-refractivity contribution < 1.29 is 10.0 Å². The van der Waals surface area contributed by atoms with Gasteiger partial charge in [-0.3, -0.25) is 4.79 Å². The van der Waals surface area contributed by atoms with Crippen LogP contribution in [0, 0.1) is 6.92 Å². The molecular weight excluding hydrogens is 238 g/mol. The van der Waals surface area contributed by atoms with Gasteiger partial charge in [0.05, 0.1) is 5.56 Å². The van der Waals surface area contributed by atoms with Crippen molar-refractivity contribution >= 4 is 23.1 Å². The van der Waals surface area contributed by atoms with Gasteiger partial charge in [-0.05, 0) is 24.3 Å². The molecule has 4 N–H and O–H groups in total. The van der Waals surface area contributed by atoms with Crippen LogP contribution in [-0.2, 0) is 0 Å². The summed E-state index contributed by atoms with van der Waals surface area (Å²) in [4.78, 5) is 11.9. The largest absolute Gasteiger partial charge is 0.409 e. The molecule has 0 spiro atoms. The number of amidine groups is 1. The quantitative estimate of drug-likeness (QED) is 0.324. The minimum atomic E-state index is -0.113. The number of nitrogens with one attached hydrogen (secondary N) is 1. The number of hydrogen-bond donors (Lipinski definition) is 3.